The van der Waals surface area contributed by atoms with Gasteiger partial charge < -0.3 is 10.2 Å². The summed E-state index contributed by atoms with van der Waals surface area (Å²) in [4.78, 5) is 17.2. The van der Waals surface area contributed by atoms with Crippen LogP contribution in [0.25, 0.3) is 0 Å². The van der Waals surface area contributed by atoms with Gasteiger partial charge in [-0.2, -0.15) is 0 Å². The second kappa shape index (κ2) is 8.62. The molecule has 2 saturated carbocycles. The minimum absolute atomic E-state index is 0.0725. The van der Waals surface area contributed by atoms with Crippen molar-refractivity contribution >= 4 is 6.03 Å². The minimum Gasteiger partial charge on any atom is -0.335 e. The van der Waals surface area contributed by atoms with Gasteiger partial charge in [0.05, 0.1) is 6.17 Å². The van der Waals surface area contributed by atoms with Crippen LogP contribution in [0.5, 0.6) is 0 Å². The first-order valence-corrected chi connectivity index (χ1v) is 11.0. The molecule has 4 fully saturated rings. The van der Waals surface area contributed by atoms with Gasteiger partial charge in [-0.25, -0.2) is 14.6 Å². The van der Waals surface area contributed by atoms with Crippen molar-refractivity contribution in [3.63, 3.8) is 0 Å². The Kier molecular flexibility index (Phi) is 6.19. The molecule has 4 rings (SSSR count). The lowest BCUT2D eigenvalue weighted by atomic mass is 9.84. The molecule has 6 nitrogen and oxygen atoms in total. The van der Waals surface area contributed by atoms with Crippen molar-refractivity contribution in [2.24, 2.45) is 11.8 Å². The van der Waals surface area contributed by atoms with Crippen LogP contribution in [0.2, 0.25) is 0 Å². The second-order valence-corrected chi connectivity index (χ2v) is 9.10. The quantitative estimate of drug-likeness (QED) is 0.699. The minimum atomic E-state index is -0.595. The maximum absolute atomic E-state index is 13.3. The fraction of sp³-hybridized carbons (Fsp3) is 0.950. The molecule has 0 aromatic heterocycles. The summed E-state index contributed by atoms with van der Waals surface area (Å²) in [6.07, 6.45) is 8.86. The second-order valence-electron chi connectivity index (χ2n) is 9.10. The van der Waals surface area contributed by atoms with Crippen LogP contribution in [0.4, 0.5) is 9.18 Å². The maximum atomic E-state index is 13.3. The van der Waals surface area contributed by atoms with Crippen LogP contribution in [0.1, 0.15) is 57.8 Å². The molecule has 27 heavy (non-hydrogen) atoms. The van der Waals surface area contributed by atoms with E-state index in [0.717, 1.165) is 51.7 Å². The first-order chi connectivity index (χ1) is 13.1. The highest BCUT2D eigenvalue weighted by molar-refractivity contribution is 5.75. The molecular formula is C20H36FN5O. The molecule has 2 aliphatic carbocycles. The third-order valence-corrected chi connectivity index (χ3v) is 7.24. The average molecular weight is 382 g/mol. The predicted molar refractivity (Wildman–Crippen MR) is 104 cm³/mol. The molecule has 2 aliphatic heterocycles. The van der Waals surface area contributed by atoms with Crippen LogP contribution < -0.4 is 16.2 Å². The number of carbonyl (C=O) groups is 1. The average Bonchev–Trinajstić information content (AvgIpc) is 3.47. The molecule has 154 valence electrons. The number of piperidine rings is 1. The molecular weight excluding hydrogens is 345 g/mol. The van der Waals surface area contributed by atoms with Crippen LogP contribution in [0.3, 0.4) is 0 Å². The third-order valence-electron chi connectivity index (χ3n) is 7.24. The van der Waals surface area contributed by atoms with Gasteiger partial charge in [-0.15, -0.1) is 0 Å². The van der Waals surface area contributed by atoms with Gasteiger partial charge in [-0.05, 0) is 76.2 Å². The largest absolute Gasteiger partial charge is 0.335 e. The Morgan fingerprint density at radius 1 is 1.15 bits per heavy atom. The van der Waals surface area contributed by atoms with E-state index in [4.69, 9.17) is 0 Å². The Labute approximate surface area is 162 Å². The summed E-state index contributed by atoms with van der Waals surface area (Å²) < 4.78 is 13.3. The Balaban J connectivity index is 1.23. The lowest BCUT2D eigenvalue weighted by Gasteiger charge is -2.42. The summed E-state index contributed by atoms with van der Waals surface area (Å²) in [6, 6.07) is 0.662. The van der Waals surface area contributed by atoms with Crippen LogP contribution in [-0.2, 0) is 0 Å². The number of rotatable bonds is 4. The van der Waals surface area contributed by atoms with Crippen molar-refractivity contribution in [3.05, 3.63) is 0 Å². The molecule has 0 aromatic rings. The monoisotopic (exact) mass is 381 g/mol. The highest BCUT2D eigenvalue weighted by Gasteiger charge is 2.45. The van der Waals surface area contributed by atoms with E-state index in [2.05, 4.69) is 21.1 Å². The van der Waals surface area contributed by atoms with E-state index in [0.29, 0.717) is 36.9 Å². The van der Waals surface area contributed by atoms with Crippen LogP contribution >= 0.6 is 0 Å². The van der Waals surface area contributed by atoms with Gasteiger partial charge >= 0.3 is 6.03 Å². The number of hydrogen-bond acceptors (Lipinski definition) is 4. The first-order valence-electron chi connectivity index (χ1n) is 11.0. The lowest BCUT2D eigenvalue weighted by Crippen LogP contribution is -2.60. The van der Waals surface area contributed by atoms with Crippen molar-refractivity contribution in [1.29, 1.82) is 0 Å². The zero-order valence-corrected chi connectivity index (χ0v) is 16.6. The molecule has 7 heteroatoms. The Bertz CT molecular complexity index is 507. The maximum Gasteiger partial charge on any atom is 0.317 e. The van der Waals surface area contributed by atoms with Gasteiger partial charge in [0.1, 0.15) is 6.17 Å². The standard InChI is InChI=1S/C20H36FN5O/c1-25(16-4-3-11-26(13-16)19-5-2-10-22-24-19)20(27)23-18-12-17(18)14-6-8-15(21)9-7-14/h14-19,22,24H,2-13H2,1H3,(H,23,27)/t14?,15?,16?,17-,18+,19?/m0/s1. The zero-order chi connectivity index (χ0) is 18.8. The van der Waals surface area contributed by atoms with E-state index < -0.39 is 6.17 Å². The molecule has 2 saturated heterocycles. The van der Waals surface area contributed by atoms with Gasteiger partial charge in [0.15, 0.2) is 0 Å². The number of nitrogens with one attached hydrogen (secondary N) is 3. The van der Waals surface area contributed by atoms with Gasteiger partial charge in [0.2, 0.25) is 0 Å². The van der Waals surface area contributed by atoms with Crippen molar-refractivity contribution in [3.8, 4) is 0 Å². The Hall–Kier alpha value is -0.920. The van der Waals surface area contributed by atoms with Crippen LogP contribution in [-0.4, -0.2) is 66.9 Å². The number of likely N-dealkylation sites (tertiary alicyclic amines) is 1. The molecule has 2 unspecified atom stereocenters. The van der Waals surface area contributed by atoms with Crippen molar-refractivity contribution in [2.75, 3.05) is 26.7 Å². The molecule has 0 aromatic carbocycles. The van der Waals surface area contributed by atoms with Crippen molar-refractivity contribution < 1.29 is 9.18 Å². The van der Waals surface area contributed by atoms with Crippen LogP contribution in [0.15, 0.2) is 0 Å². The summed E-state index contributed by atoms with van der Waals surface area (Å²) in [7, 11) is 1.95. The number of alkyl halides is 1. The highest BCUT2D eigenvalue weighted by atomic mass is 19.1. The van der Waals surface area contributed by atoms with E-state index in [1.807, 2.05) is 11.9 Å². The Morgan fingerprint density at radius 3 is 2.70 bits per heavy atom. The van der Waals surface area contributed by atoms with Gasteiger partial charge in [-0.1, -0.05) is 0 Å². The molecule has 4 atom stereocenters. The number of urea groups is 1. The summed E-state index contributed by atoms with van der Waals surface area (Å²) in [5.74, 6) is 1.19. The number of likely N-dealkylation sites (N-methyl/N-ethyl adjacent to an activating group) is 1. The summed E-state index contributed by atoms with van der Waals surface area (Å²) >= 11 is 0. The first kappa shape index (κ1) is 19.4. The van der Waals surface area contributed by atoms with E-state index in [-0.39, 0.29) is 12.1 Å². The number of carbonyl (C=O) groups excluding carboxylic acids is 1. The van der Waals surface area contributed by atoms with E-state index >= 15 is 0 Å². The number of hydrogen-bond donors (Lipinski definition) is 3. The van der Waals surface area contributed by atoms with E-state index in [9.17, 15) is 9.18 Å². The van der Waals surface area contributed by atoms with Crippen molar-refractivity contribution in [1.82, 2.24) is 26.0 Å². The SMILES string of the molecule is CN(C(=O)N[C@@H]1C[C@H]1C1CCC(F)CC1)C1CCCN(C2CCCNN2)C1. The zero-order valence-electron chi connectivity index (χ0n) is 16.6. The van der Waals surface area contributed by atoms with E-state index in [1.54, 1.807) is 0 Å². The molecule has 0 spiro atoms. The lowest BCUT2D eigenvalue weighted by molar-refractivity contribution is 0.0594. The van der Waals surface area contributed by atoms with E-state index in [1.165, 1.54) is 12.8 Å². The predicted octanol–water partition coefficient (Wildman–Crippen LogP) is 2.22. The van der Waals surface area contributed by atoms with Crippen LogP contribution in [0, 0.1) is 11.8 Å². The van der Waals surface area contributed by atoms with Gasteiger partial charge in [0.25, 0.3) is 0 Å². The van der Waals surface area contributed by atoms with Gasteiger partial charge in [0, 0.05) is 32.2 Å². The third kappa shape index (κ3) is 4.74. The molecule has 4 aliphatic rings. The number of hydrazine groups is 1. The van der Waals surface area contributed by atoms with Gasteiger partial charge in [-0.3, -0.25) is 10.3 Å². The fourth-order valence-electron chi connectivity index (χ4n) is 5.34. The Morgan fingerprint density at radius 2 is 1.96 bits per heavy atom. The molecule has 2 heterocycles. The molecule has 0 bridgehead atoms. The summed E-state index contributed by atoms with van der Waals surface area (Å²) in [6.45, 7) is 3.08. The molecule has 3 N–H and O–H groups in total. The molecule has 2 amide bonds. The number of halogens is 1. The smallest absolute Gasteiger partial charge is 0.317 e. The number of nitrogens with zero attached hydrogens (tertiary/aromatic N) is 2. The number of amides is 2. The summed E-state index contributed by atoms with van der Waals surface area (Å²) in [5, 5.41) is 3.25. The molecule has 0 radical (unpaired) electrons. The summed E-state index contributed by atoms with van der Waals surface area (Å²) in [5.41, 5.74) is 6.66. The highest BCUT2D eigenvalue weighted by Crippen LogP contribution is 2.44. The normalized spacial score (nSPS) is 40.4. The topological polar surface area (TPSA) is 59.6 Å². The fourth-order valence-corrected chi connectivity index (χ4v) is 5.34. The van der Waals surface area contributed by atoms with Crippen molar-refractivity contribution in [2.45, 2.75) is 82.2 Å².